The monoisotopic (exact) mass is 289 g/mol. The minimum atomic E-state index is -0.117. The van der Waals surface area contributed by atoms with Crippen LogP contribution < -0.4 is 10.1 Å². The van der Waals surface area contributed by atoms with Crippen LogP contribution in [-0.4, -0.2) is 29.8 Å². The maximum Gasteiger partial charge on any atom is 0.247 e. The van der Waals surface area contributed by atoms with Crippen LogP contribution in [0.15, 0.2) is 28.7 Å². The predicted molar refractivity (Wildman–Crippen MR) is 77.8 cm³/mol. The molecule has 0 aliphatic heterocycles. The lowest BCUT2D eigenvalue weighted by Crippen LogP contribution is -2.28. The second-order valence-electron chi connectivity index (χ2n) is 5.10. The van der Waals surface area contributed by atoms with Crippen molar-refractivity contribution in [1.29, 1.82) is 0 Å². The van der Waals surface area contributed by atoms with E-state index in [0.29, 0.717) is 24.2 Å². The summed E-state index contributed by atoms with van der Waals surface area (Å²) in [6.45, 7) is 4.71. The van der Waals surface area contributed by atoms with E-state index in [1.807, 2.05) is 38.1 Å². The van der Waals surface area contributed by atoms with Gasteiger partial charge in [-0.1, -0.05) is 13.8 Å². The molecule has 1 aromatic heterocycles. The molecule has 1 amide bonds. The Balaban J connectivity index is 1.98. The average Bonchev–Trinajstić information content (AvgIpc) is 2.93. The Kier molecular flexibility index (Phi) is 4.92. The van der Waals surface area contributed by atoms with Gasteiger partial charge >= 0.3 is 0 Å². The first-order valence-corrected chi connectivity index (χ1v) is 6.82. The van der Waals surface area contributed by atoms with E-state index >= 15 is 0 Å². The van der Waals surface area contributed by atoms with Crippen molar-refractivity contribution in [2.45, 2.75) is 20.3 Å². The maximum atomic E-state index is 11.7. The van der Waals surface area contributed by atoms with Crippen molar-refractivity contribution in [3.8, 4) is 17.2 Å². The molecule has 0 bridgehead atoms. The van der Waals surface area contributed by atoms with Crippen LogP contribution in [-0.2, 0) is 11.2 Å². The van der Waals surface area contributed by atoms with Crippen molar-refractivity contribution in [3.05, 3.63) is 30.2 Å². The highest BCUT2D eigenvalue weighted by molar-refractivity contribution is 5.77. The summed E-state index contributed by atoms with van der Waals surface area (Å²) in [5.41, 5.74) is 0.789. The van der Waals surface area contributed by atoms with Crippen molar-refractivity contribution < 1.29 is 13.9 Å². The van der Waals surface area contributed by atoms with Gasteiger partial charge in [-0.05, 0) is 30.2 Å². The molecule has 1 heterocycles. The van der Waals surface area contributed by atoms with Crippen molar-refractivity contribution in [2.75, 3.05) is 13.7 Å². The van der Waals surface area contributed by atoms with Crippen molar-refractivity contribution >= 4 is 5.91 Å². The molecule has 2 rings (SSSR count). The van der Waals surface area contributed by atoms with E-state index in [4.69, 9.17) is 9.15 Å². The van der Waals surface area contributed by atoms with Gasteiger partial charge in [0.1, 0.15) is 12.2 Å². The SMILES string of the molecule is COc1ccc(-c2nnc(CC(=O)NCC(C)C)o2)cc1. The van der Waals surface area contributed by atoms with Crippen molar-refractivity contribution in [1.82, 2.24) is 15.5 Å². The summed E-state index contributed by atoms with van der Waals surface area (Å²) in [6, 6.07) is 7.28. The summed E-state index contributed by atoms with van der Waals surface area (Å²) in [5, 5.41) is 10.7. The van der Waals surface area contributed by atoms with E-state index in [1.54, 1.807) is 7.11 Å². The normalized spacial score (nSPS) is 10.7. The van der Waals surface area contributed by atoms with E-state index in [0.717, 1.165) is 11.3 Å². The topological polar surface area (TPSA) is 77.2 Å². The smallest absolute Gasteiger partial charge is 0.247 e. The van der Waals surface area contributed by atoms with Gasteiger partial charge in [-0.3, -0.25) is 4.79 Å². The Labute approximate surface area is 123 Å². The van der Waals surface area contributed by atoms with Crippen LogP contribution >= 0.6 is 0 Å². The molecular formula is C15H19N3O3. The van der Waals surface area contributed by atoms with Gasteiger partial charge in [0.25, 0.3) is 0 Å². The summed E-state index contributed by atoms with van der Waals surface area (Å²) in [4.78, 5) is 11.7. The molecule has 0 aliphatic carbocycles. The summed E-state index contributed by atoms with van der Waals surface area (Å²) in [5.74, 6) is 1.75. The van der Waals surface area contributed by atoms with Gasteiger partial charge in [0.2, 0.25) is 17.7 Å². The van der Waals surface area contributed by atoms with Crippen LogP contribution in [0, 0.1) is 5.92 Å². The lowest BCUT2D eigenvalue weighted by Gasteiger charge is -2.05. The molecule has 0 spiro atoms. The van der Waals surface area contributed by atoms with E-state index in [1.165, 1.54) is 0 Å². The van der Waals surface area contributed by atoms with E-state index in [2.05, 4.69) is 15.5 Å². The molecule has 2 aromatic rings. The fraction of sp³-hybridized carbons (Fsp3) is 0.400. The second kappa shape index (κ2) is 6.88. The predicted octanol–water partition coefficient (Wildman–Crippen LogP) is 2.06. The lowest BCUT2D eigenvalue weighted by molar-refractivity contribution is -0.120. The fourth-order valence-corrected chi connectivity index (χ4v) is 1.69. The molecule has 112 valence electrons. The third-order valence-corrected chi connectivity index (χ3v) is 2.82. The molecule has 0 fully saturated rings. The molecule has 6 heteroatoms. The molecule has 0 atom stereocenters. The molecule has 6 nitrogen and oxygen atoms in total. The van der Waals surface area contributed by atoms with Crippen LogP contribution in [0.2, 0.25) is 0 Å². The van der Waals surface area contributed by atoms with Crippen LogP contribution in [0.4, 0.5) is 0 Å². The zero-order chi connectivity index (χ0) is 15.2. The molecule has 0 saturated heterocycles. The van der Waals surface area contributed by atoms with Gasteiger partial charge in [-0.2, -0.15) is 0 Å². The fourth-order valence-electron chi connectivity index (χ4n) is 1.69. The summed E-state index contributed by atoms with van der Waals surface area (Å²) in [7, 11) is 1.61. The number of carbonyl (C=O) groups excluding carboxylic acids is 1. The first-order valence-electron chi connectivity index (χ1n) is 6.82. The number of carbonyl (C=O) groups is 1. The molecule has 0 aliphatic rings. The molecule has 21 heavy (non-hydrogen) atoms. The summed E-state index contributed by atoms with van der Waals surface area (Å²) < 4.78 is 10.6. The number of ether oxygens (including phenoxy) is 1. The molecular weight excluding hydrogens is 270 g/mol. The quantitative estimate of drug-likeness (QED) is 0.880. The number of methoxy groups -OCH3 is 1. The van der Waals surface area contributed by atoms with Gasteiger partial charge in [-0.15, -0.1) is 10.2 Å². The highest BCUT2D eigenvalue weighted by Gasteiger charge is 2.12. The van der Waals surface area contributed by atoms with E-state index in [-0.39, 0.29) is 12.3 Å². The highest BCUT2D eigenvalue weighted by atomic mass is 16.5. The van der Waals surface area contributed by atoms with Crippen LogP contribution in [0.25, 0.3) is 11.5 Å². The number of nitrogens with one attached hydrogen (secondary N) is 1. The van der Waals surface area contributed by atoms with Gasteiger partial charge < -0.3 is 14.5 Å². The number of hydrogen-bond donors (Lipinski definition) is 1. The molecule has 0 saturated carbocycles. The van der Waals surface area contributed by atoms with Gasteiger partial charge in [-0.25, -0.2) is 0 Å². The number of aromatic nitrogens is 2. The Morgan fingerprint density at radius 3 is 2.62 bits per heavy atom. The van der Waals surface area contributed by atoms with Crippen LogP contribution in [0.5, 0.6) is 5.75 Å². The third kappa shape index (κ3) is 4.30. The van der Waals surface area contributed by atoms with Gasteiger partial charge in [0.15, 0.2) is 0 Å². The lowest BCUT2D eigenvalue weighted by atomic mass is 10.2. The Bertz CT molecular complexity index is 590. The minimum Gasteiger partial charge on any atom is -0.497 e. The van der Waals surface area contributed by atoms with Crippen molar-refractivity contribution in [2.24, 2.45) is 5.92 Å². The van der Waals surface area contributed by atoms with Crippen LogP contribution in [0.3, 0.4) is 0 Å². The molecule has 0 unspecified atom stereocenters. The first kappa shape index (κ1) is 15.0. The van der Waals surface area contributed by atoms with Crippen LogP contribution in [0.1, 0.15) is 19.7 Å². The number of benzene rings is 1. The number of amides is 1. The zero-order valence-electron chi connectivity index (χ0n) is 12.4. The Hall–Kier alpha value is -2.37. The molecule has 1 N–H and O–H groups in total. The minimum absolute atomic E-state index is 0.0931. The van der Waals surface area contributed by atoms with Gasteiger partial charge in [0, 0.05) is 12.1 Å². The summed E-state index contributed by atoms with van der Waals surface area (Å²) >= 11 is 0. The van der Waals surface area contributed by atoms with Gasteiger partial charge in [0.05, 0.1) is 7.11 Å². The van der Waals surface area contributed by atoms with E-state index < -0.39 is 0 Å². The molecule has 1 aromatic carbocycles. The Morgan fingerprint density at radius 1 is 1.29 bits per heavy atom. The number of hydrogen-bond acceptors (Lipinski definition) is 5. The maximum absolute atomic E-state index is 11.7. The number of rotatable bonds is 6. The number of nitrogens with zero attached hydrogens (tertiary/aromatic N) is 2. The van der Waals surface area contributed by atoms with Crippen molar-refractivity contribution in [3.63, 3.8) is 0 Å². The molecule has 0 radical (unpaired) electrons. The highest BCUT2D eigenvalue weighted by Crippen LogP contribution is 2.21. The summed E-state index contributed by atoms with van der Waals surface area (Å²) in [6.07, 6.45) is 0.0931. The average molecular weight is 289 g/mol. The zero-order valence-corrected chi connectivity index (χ0v) is 12.4. The Morgan fingerprint density at radius 2 is 2.00 bits per heavy atom. The largest absolute Gasteiger partial charge is 0.497 e. The standard InChI is InChI=1S/C15H19N3O3/c1-10(2)9-16-13(19)8-14-17-18-15(21-14)11-4-6-12(20-3)7-5-11/h4-7,10H,8-9H2,1-3H3,(H,16,19). The second-order valence-corrected chi connectivity index (χ2v) is 5.10. The van der Waals surface area contributed by atoms with E-state index in [9.17, 15) is 4.79 Å². The third-order valence-electron chi connectivity index (χ3n) is 2.82. The first-order chi connectivity index (χ1) is 10.1.